The van der Waals surface area contributed by atoms with Gasteiger partial charge < -0.3 is 14.2 Å². The minimum absolute atomic E-state index is 0.163. The maximum Gasteiger partial charge on any atom is 0.348 e. The van der Waals surface area contributed by atoms with Gasteiger partial charge in [-0.15, -0.1) is 0 Å². The van der Waals surface area contributed by atoms with E-state index in [1.165, 1.54) is 32.8 Å². The Labute approximate surface area is 152 Å². The van der Waals surface area contributed by atoms with E-state index in [0.29, 0.717) is 22.9 Å². The summed E-state index contributed by atoms with van der Waals surface area (Å²) >= 11 is 6.22. The molecule has 1 aliphatic rings. The summed E-state index contributed by atoms with van der Waals surface area (Å²) in [7, 11) is 0. The first kappa shape index (κ1) is 19.3. The maximum atomic E-state index is 12.0. The summed E-state index contributed by atoms with van der Waals surface area (Å²) in [5.41, 5.74) is 0.426. The lowest BCUT2D eigenvalue weighted by Gasteiger charge is -2.29. The van der Waals surface area contributed by atoms with Crippen LogP contribution in [-0.4, -0.2) is 24.3 Å². The zero-order chi connectivity index (χ0) is 18.4. The van der Waals surface area contributed by atoms with Crippen LogP contribution in [0.15, 0.2) is 23.8 Å². The number of halogens is 1. The molecular formula is C19H23ClO5. The molecule has 0 unspecified atom stereocenters. The molecule has 0 radical (unpaired) electrons. The predicted octanol–water partition coefficient (Wildman–Crippen LogP) is 4.52. The first-order chi connectivity index (χ1) is 11.8. The van der Waals surface area contributed by atoms with Gasteiger partial charge in [0.15, 0.2) is 0 Å². The van der Waals surface area contributed by atoms with E-state index < -0.39 is 17.7 Å². The highest BCUT2D eigenvalue weighted by atomic mass is 35.5. The van der Waals surface area contributed by atoms with Gasteiger partial charge in [-0.3, -0.25) is 0 Å². The van der Waals surface area contributed by atoms with Crippen molar-refractivity contribution in [3.05, 3.63) is 34.4 Å². The smallest absolute Gasteiger partial charge is 0.348 e. The number of carbonyl (C=O) groups is 2. The van der Waals surface area contributed by atoms with Gasteiger partial charge in [0.25, 0.3) is 5.79 Å². The molecule has 1 aromatic rings. The van der Waals surface area contributed by atoms with Crippen molar-refractivity contribution in [1.29, 1.82) is 0 Å². The van der Waals surface area contributed by atoms with Gasteiger partial charge in [0.2, 0.25) is 0 Å². The van der Waals surface area contributed by atoms with Crippen molar-refractivity contribution in [3.63, 3.8) is 0 Å². The third-order valence-corrected chi connectivity index (χ3v) is 3.93. The van der Waals surface area contributed by atoms with Crippen LogP contribution in [0, 0.1) is 0 Å². The van der Waals surface area contributed by atoms with Crippen molar-refractivity contribution in [2.75, 3.05) is 6.61 Å². The van der Waals surface area contributed by atoms with Crippen molar-refractivity contribution in [1.82, 2.24) is 0 Å². The van der Waals surface area contributed by atoms with Crippen molar-refractivity contribution >= 4 is 29.6 Å². The quantitative estimate of drug-likeness (QED) is 0.307. The van der Waals surface area contributed by atoms with Gasteiger partial charge in [0.05, 0.1) is 11.6 Å². The summed E-state index contributed by atoms with van der Waals surface area (Å²) in [5.74, 6) is -2.10. The topological polar surface area (TPSA) is 61.8 Å². The van der Waals surface area contributed by atoms with Crippen LogP contribution in [0.2, 0.25) is 5.02 Å². The first-order valence-corrected chi connectivity index (χ1v) is 8.81. The molecule has 1 heterocycles. The minimum atomic E-state index is -1.25. The molecule has 136 valence electrons. The number of hydrogen-bond acceptors (Lipinski definition) is 5. The molecule has 0 bridgehead atoms. The van der Waals surface area contributed by atoms with Crippen LogP contribution in [0.4, 0.5) is 0 Å². The molecule has 0 saturated carbocycles. The van der Waals surface area contributed by atoms with E-state index in [-0.39, 0.29) is 5.57 Å². The molecule has 0 spiro atoms. The van der Waals surface area contributed by atoms with Crippen LogP contribution in [-0.2, 0) is 19.1 Å². The standard InChI is InChI=1S/C19H23ClO5/c1-4-5-6-7-10-23-16-9-8-13(12-15(16)20)11-14-17(21)24-19(2,3)25-18(14)22/h8-9,11-12H,4-7,10H2,1-3H3. The largest absolute Gasteiger partial charge is 0.492 e. The zero-order valence-electron chi connectivity index (χ0n) is 14.8. The van der Waals surface area contributed by atoms with E-state index in [1.54, 1.807) is 18.2 Å². The Morgan fingerprint density at radius 3 is 2.40 bits per heavy atom. The molecule has 0 atom stereocenters. The summed E-state index contributed by atoms with van der Waals surface area (Å²) < 4.78 is 15.8. The van der Waals surface area contributed by atoms with Crippen LogP contribution in [0.1, 0.15) is 52.0 Å². The molecule has 25 heavy (non-hydrogen) atoms. The molecule has 0 N–H and O–H groups in total. The number of cyclic esters (lactones) is 2. The highest BCUT2D eigenvalue weighted by molar-refractivity contribution is 6.32. The number of carbonyl (C=O) groups excluding carboxylic acids is 2. The number of benzene rings is 1. The fourth-order valence-corrected chi connectivity index (χ4v) is 2.62. The van der Waals surface area contributed by atoms with E-state index in [2.05, 4.69) is 6.92 Å². The fourth-order valence-electron chi connectivity index (χ4n) is 2.38. The second-order valence-electron chi connectivity index (χ2n) is 6.34. The second-order valence-corrected chi connectivity index (χ2v) is 6.74. The summed E-state index contributed by atoms with van der Waals surface area (Å²) in [6.45, 7) is 5.77. The van der Waals surface area contributed by atoms with Crippen molar-refractivity contribution < 1.29 is 23.8 Å². The lowest BCUT2D eigenvalue weighted by Crippen LogP contribution is -2.41. The SMILES string of the molecule is CCCCCCOc1ccc(C=C2C(=O)OC(C)(C)OC2=O)cc1Cl. The normalized spacial score (nSPS) is 16.2. The molecule has 0 amide bonds. The van der Waals surface area contributed by atoms with Crippen molar-refractivity contribution in [2.45, 2.75) is 52.2 Å². The molecule has 0 aliphatic carbocycles. The summed E-state index contributed by atoms with van der Waals surface area (Å²) in [4.78, 5) is 23.9. The number of unbranched alkanes of at least 4 members (excludes halogenated alkanes) is 3. The highest BCUT2D eigenvalue weighted by Gasteiger charge is 2.38. The van der Waals surface area contributed by atoms with E-state index in [4.69, 9.17) is 25.8 Å². The Morgan fingerprint density at radius 2 is 1.80 bits per heavy atom. The van der Waals surface area contributed by atoms with E-state index >= 15 is 0 Å². The molecule has 1 aliphatic heterocycles. The lowest BCUT2D eigenvalue weighted by atomic mass is 10.1. The number of rotatable bonds is 7. The van der Waals surface area contributed by atoms with Gasteiger partial charge in [0.1, 0.15) is 11.3 Å². The fraction of sp³-hybridized carbons (Fsp3) is 0.474. The van der Waals surface area contributed by atoms with E-state index in [1.807, 2.05) is 0 Å². The molecular weight excluding hydrogens is 344 g/mol. The van der Waals surface area contributed by atoms with Gasteiger partial charge in [0, 0.05) is 13.8 Å². The monoisotopic (exact) mass is 366 g/mol. The Morgan fingerprint density at radius 1 is 1.12 bits per heavy atom. The van der Waals surface area contributed by atoms with Gasteiger partial charge in [-0.05, 0) is 30.2 Å². The Kier molecular flexibility index (Phi) is 6.48. The average molecular weight is 367 g/mol. The molecule has 6 heteroatoms. The zero-order valence-corrected chi connectivity index (χ0v) is 15.5. The van der Waals surface area contributed by atoms with Gasteiger partial charge >= 0.3 is 11.9 Å². The van der Waals surface area contributed by atoms with Crippen LogP contribution >= 0.6 is 11.6 Å². The molecule has 2 rings (SSSR count). The highest BCUT2D eigenvalue weighted by Crippen LogP contribution is 2.28. The van der Waals surface area contributed by atoms with Crippen LogP contribution < -0.4 is 4.74 Å². The Balaban J connectivity index is 2.05. The molecule has 1 fully saturated rings. The van der Waals surface area contributed by atoms with Crippen LogP contribution in [0.3, 0.4) is 0 Å². The molecule has 0 aromatic heterocycles. The third kappa shape index (κ3) is 5.49. The number of hydrogen-bond donors (Lipinski definition) is 0. The number of esters is 2. The molecule has 5 nitrogen and oxygen atoms in total. The average Bonchev–Trinajstić information content (AvgIpc) is 2.51. The maximum absolute atomic E-state index is 12.0. The summed E-state index contributed by atoms with van der Waals surface area (Å²) in [6.07, 6.45) is 5.86. The van der Waals surface area contributed by atoms with Crippen LogP contribution in [0.5, 0.6) is 5.75 Å². The van der Waals surface area contributed by atoms with Crippen molar-refractivity contribution in [2.24, 2.45) is 0 Å². The van der Waals surface area contributed by atoms with Crippen molar-refractivity contribution in [3.8, 4) is 5.75 Å². The molecule has 1 aromatic carbocycles. The summed E-state index contributed by atoms with van der Waals surface area (Å²) in [5, 5.41) is 0.419. The van der Waals surface area contributed by atoms with E-state index in [9.17, 15) is 9.59 Å². The second kappa shape index (κ2) is 8.39. The first-order valence-electron chi connectivity index (χ1n) is 8.43. The minimum Gasteiger partial charge on any atom is -0.492 e. The predicted molar refractivity (Wildman–Crippen MR) is 95.3 cm³/mol. The van der Waals surface area contributed by atoms with Gasteiger partial charge in [-0.2, -0.15) is 0 Å². The van der Waals surface area contributed by atoms with Crippen LogP contribution in [0.25, 0.3) is 6.08 Å². The Hall–Kier alpha value is -2.01. The lowest BCUT2D eigenvalue weighted by molar-refractivity contribution is -0.222. The van der Waals surface area contributed by atoms with E-state index in [0.717, 1.165) is 12.8 Å². The Bertz CT molecular complexity index is 656. The third-order valence-electron chi connectivity index (χ3n) is 3.64. The van der Waals surface area contributed by atoms with Gasteiger partial charge in [-0.25, -0.2) is 9.59 Å². The van der Waals surface area contributed by atoms with Gasteiger partial charge in [-0.1, -0.05) is 43.9 Å². The number of ether oxygens (including phenoxy) is 3. The summed E-state index contributed by atoms with van der Waals surface area (Å²) in [6, 6.07) is 5.08. The molecule has 1 saturated heterocycles.